The Hall–Kier alpha value is -1.21. The average Bonchev–Trinajstić information content (AvgIpc) is 2.38. The number of carboxylic acids is 1. The van der Waals surface area contributed by atoms with E-state index in [-0.39, 0.29) is 17.0 Å². The van der Waals surface area contributed by atoms with Crippen molar-refractivity contribution < 1.29 is 18.3 Å². The monoisotopic (exact) mass is 218 g/mol. The minimum Gasteiger partial charge on any atom is -0.478 e. The first-order valence-electron chi connectivity index (χ1n) is 3.96. The normalized spacial score (nSPS) is 18.9. The summed E-state index contributed by atoms with van der Waals surface area (Å²) in [6.45, 7) is 2.36. The molecule has 1 aliphatic heterocycles. The van der Waals surface area contributed by atoms with E-state index < -0.39 is 16.0 Å². The number of carboxylic acid groups (broad SMARTS) is 1. The standard InChI is InChI=1S/C7H10N2O4S/c1-2-8-4-6-5(7(10)11)3-9-14(6,12)13/h3,8H,2,4H2,1H3,(H,10,11). The van der Waals surface area contributed by atoms with E-state index in [0.717, 1.165) is 6.21 Å². The number of likely N-dealkylation sites (N-methyl/N-ethyl adjacent to an activating group) is 1. The van der Waals surface area contributed by atoms with Crippen LogP contribution >= 0.6 is 0 Å². The Morgan fingerprint density at radius 2 is 2.29 bits per heavy atom. The quantitative estimate of drug-likeness (QED) is 0.653. The van der Waals surface area contributed by atoms with E-state index in [9.17, 15) is 13.2 Å². The molecule has 0 aromatic carbocycles. The summed E-state index contributed by atoms with van der Waals surface area (Å²) < 4.78 is 25.6. The number of carbonyl (C=O) groups is 1. The van der Waals surface area contributed by atoms with Gasteiger partial charge in [-0.05, 0) is 6.54 Å². The number of aliphatic carboxylic acids is 1. The lowest BCUT2D eigenvalue weighted by Crippen LogP contribution is -2.21. The zero-order valence-corrected chi connectivity index (χ0v) is 8.34. The first-order chi connectivity index (χ1) is 6.49. The topological polar surface area (TPSA) is 95.8 Å². The van der Waals surface area contributed by atoms with Gasteiger partial charge in [0.2, 0.25) is 0 Å². The minimum absolute atomic E-state index is 0.000463. The van der Waals surface area contributed by atoms with Gasteiger partial charge in [-0.15, -0.1) is 0 Å². The Morgan fingerprint density at radius 1 is 1.64 bits per heavy atom. The van der Waals surface area contributed by atoms with E-state index in [1.54, 1.807) is 6.92 Å². The summed E-state index contributed by atoms with van der Waals surface area (Å²) in [7, 11) is -3.75. The van der Waals surface area contributed by atoms with Crippen molar-refractivity contribution in [3.05, 3.63) is 10.5 Å². The second kappa shape index (κ2) is 3.89. The molecule has 2 N–H and O–H groups in total. The lowest BCUT2D eigenvalue weighted by atomic mass is 10.2. The molecule has 0 atom stereocenters. The van der Waals surface area contributed by atoms with E-state index in [1.165, 1.54) is 0 Å². The average molecular weight is 218 g/mol. The fourth-order valence-electron chi connectivity index (χ4n) is 0.996. The Kier molecular flexibility index (Phi) is 3.02. The van der Waals surface area contributed by atoms with Gasteiger partial charge in [0.05, 0.1) is 16.7 Å². The molecule has 0 fully saturated rings. The SMILES string of the molecule is CCNCC1=C(C(=O)O)C=NS1(=O)=O. The maximum atomic E-state index is 11.2. The number of hydrogen-bond acceptors (Lipinski definition) is 4. The van der Waals surface area contributed by atoms with E-state index in [0.29, 0.717) is 6.54 Å². The van der Waals surface area contributed by atoms with Crippen molar-refractivity contribution in [1.82, 2.24) is 5.32 Å². The molecular weight excluding hydrogens is 208 g/mol. The van der Waals surface area contributed by atoms with Gasteiger partial charge in [-0.1, -0.05) is 6.92 Å². The van der Waals surface area contributed by atoms with Gasteiger partial charge in [0, 0.05) is 6.54 Å². The summed E-state index contributed by atoms with van der Waals surface area (Å²) in [5.41, 5.74) is -0.258. The van der Waals surface area contributed by atoms with Gasteiger partial charge in [0.1, 0.15) is 0 Å². The Bertz CT molecular complexity index is 407. The predicted molar refractivity (Wildman–Crippen MR) is 50.6 cm³/mol. The van der Waals surface area contributed by atoms with E-state index in [2.05, 4.69) is 9.71 Å². The van der Waals surface area contributed by atoms with Crippen molar-refractivity contribution in [1.29, 1.82) is 0 Å². The fourth-order valence-corrected chi connectivity index (χ4v) is 2.07. The smallest absolute Gasteiger partial charge is 0.338 e. The molecule has 0 amide bonds. The van der Waals surface area contributed by atoms with Gasteiger partial charge >= 0.3 is 5.97 Å². The van der Waals surface area contributed by atoms with Gasteiger partial charge in [0.25, 0.3) is 10.0 Å². The molecule has 0 aromatic heterocycles. The second-order valence-corrected chi connectivity index (χ2v) is 4.29. The van der Waals surface area contributed by atoms with Crippen LogP contribution in [0.5, 0.6) is 0 Å². The van der Waals surface area contributed by atoms with Crippen LogP contribution in [0.4, 0.5) is 0 Å². The van der Waals surface area contributed by atoms with Crippen LogP contribution in [0.1, 0.15) is 6.92 Å². The Labute approximate surface area is 81.4 Å². The number of nitrogens with zero attached hydrogens (tertiary/aromatic N) is 1. The van der Waals surface area contributed by atoms with Crippen LogP contribution in [0.25, 0.3) is 0 Å². The van der Waals surface area contributed by atoms with E-state index in [1.807, 2.05) is 0 Å². The number of hydrogen-bond donors (Lipinski definition) is 2. The van der Waals surface area contributed by atoms with Crippen LogP contribution in [0.2, 0.25) is 0 Å². The van der Waals surface area contributed by atoms with Crippen molar-refractivity contribution in [3.63, 3.8) is 0 Å². The fraction of sp³-hybridized carbons (Fsp3) is 0.429. The molecule has 0 unspecified atom stereocenters. The molecule has 0 saturated carbocycles. The maximum Gasteiger partial charge on any atom is 0.338 e. The molecule has 0 aromatic rings. The maximum absolute atomic E-state index is 11.2. The molecule has 1 rings (SSSR count). The summed E-state index contributed by atoms with van der Waals surface area (Å²) in [5.74, 6) is -1.28. The lowest BCUT2D eigenvalue weighted by molar-refractivity contribution is -0.132. The molecule has 0 aliphatic carbocycles. The summed E-state index contributed by atoms with van der Waals surface area (Å²) in [6.07, 6.45) is 0.865. The number of sulfonamides is 1. The molecule has 0 spiro atoms. The van der Waals surface area contributed by atoms with Crippen LogP contribution in [-0.4, -0.2) is 38.8 Å². The predicted octanol–water partition coefficient (Wildman–Crippen LogP) is -0.651. The van der Waals surface area contributed by atoms with Gasteiger partial charge in [-0.3, -0.25) is 0 Å². The number of rotatable bonds is 4. The van der Waals surface area contributed by atoms with Crippen molar-refractivity contribution in [2.45, 2.75) is 6.92 Å². The molecule has 6 nitrogen and oxygen atoms in total. The zero-order valence-electron chi connectivity index (χ0n) is 7.52. The Morgan fingerprint density at radius 3 is 2.79 bits per heavy atom. The highest BCUT2D eigenvalue weighted by Gasteiger charge is 2.28. The third-order valence-electron chi connectivity index (χ3n) is 1.70. The Balaban J connectivity index is 3.05. The summed E-state index contributed by atoms with van der Waals surface area (Å²) >= 11 is 0. The highest BCUT2D eigenvalue weighted by molar-refractivity contribution is 7.94. The summed E-state index contributed by atoms with van der Waals surface area (Å²) in [5, 5.41) is 11.4. The molecular formula is C7H10N2O4S. The van der Waals surface area contributed by atoms with Crippen LogP contribution in [0, 0.1) is 0 Å². The third kappa shape index (κ3) is 1.99. The first kappa shape index (κ1) is 10.9. The molecule has 7 heteroatoms. The van der Waals surface area contributed by atoms with Gasteiger partial charge in [-0.25, -0.2) is 4.79 Å². The highest BCUT2D eigenvalue weighted by Crippen LogP contribution is 2.19. The molecule has 1 heterocycles. The summed E-state index contributed by atoms with van der Waals surface area (Å²) in [4.78, 5) is 10.4. The lowest BCUT2D eigenvalue weighted by Gasteiger charge is -2.02. The molecule has 0 radical (unpaired) electrons. The van der Waals surface area contributed by atoms with Crippen molar-refractivity contribution >= 4 is 22.2 Å². The zero-order chi connectivity index (χ0) is 10.8. The van der Waals surface area contributed by atoms with Crippen molar-refractivity contribution in [3.8, 4) is 0 Å². The molecule has 0 bridgehead atoms. The van der Waals surface area contributed by atoms with E-state index in [4.69, 9.17) is 5.11 Å². The van der Waals surface area contributed by atoms with Gasteiger partial charge < -0.3 is 10.4 Å². The largest absolute Gasteiger partial charge is 0.478 e. The molecule has 14 heavy (non-hydrogen) atoms. The van der Waals surface area contributed by atoms with Crippen LogP contribution < -0.4 is 5.32 Å². The molecule has 0 saturated heterocycles. The van der Waals surface area contributed by atoms with Crippen LogP contribution in [-0.2, 0) is 14.8 Å². The van der Waals surface area contributed by atoms with Crippen molar-refractivity contribution in [2.24, 2.45) is 4.40 Å². The molecule has 1 aliphatic rings. The van der Waals surface area contributed by atoms with Crippen molar-refractivity contribution in [2.75, 3.05) is 13.1 Å². The van der Waals surface area contributed by atoms with Gasteiger partial charge in [0.15, 0.2) is 0 Å². The third-order valence-corrected chi connectivity index (χ3v) is 3.07. The van der Waals surface area contributed by atoms with Crippen LogP contribution in [0.3, 0.4) is 0 Å². The molecule has 78 valence electrons. The second-order valence-electron chi connectivity index (χ2n) is 2.63. The summed E-state index contributed by atoms with van der Waals surface area (Å²) in [6, 6.07) is 0. The van der Waals surface area contributed by atoms with E-state index >= 15 is 0 Å². The van der Waals surface area contributed by atoms with Crippen LogP contribution in [0.15, 0.2) is 14.9 Å². The number of nitrogens with one attached hydrogen (secondary N) is 1. The van der Waals surface area contributed by atoms with Gasteiger partial charge in [-0.2, -0.15) is 12.8 Å². The minimum atomic E-state index is -3.75. The first-order valence-corrected chi connectivity index (χ1v) is 5.40. The highest BCUT2D eigenvalue weighted by atomic mass is 32.2.